The highest BCUT2D eigenvalue weighted by Gasteiger charge is 2.21. The Morgan fingerprint density at radius 3 is 2.76 bits per heavy atom. The molecule has 3 rings (SSSR count). The standard InChI is InChI=1S/C19H22ClN3O2/c1-13(14-5-3-2-4-6-14)22-17-8-7-15(11-16(17)20)23-19(24)18-12-25-10-9-21-18/h2-8,11,13,18,21-22H,9-10,12H2,1H3,(H,23,24). The fourth-order valence-electron chi connectivity index (χ4n) is 2.73. The van der Waals surface area contributed by atoms with Gasteiger partial charge in [-0.1, -0.05) is 41.9 Å². The largest absolute Gasteiger partial charge is 0.378 e. The number of ether oxygens (including phenoxy) is 1. The Hall–Kier alpha value is -2.08. The van der Waals surface area contributed by atoms with E-state index in [4.69, 9.17) is 16.3 Å². The molecule has 5 nitrogen and oxygen atoms in total. The maximum atomic E-state index is 12.2. The molecule has 0 aromatic heterocycles. The maximum absolute atomic E-state index is 12.2. The van der Waals surface area contributed by atoms with Crippen LogP contribution < -0.4 is 16.0 Å². The van der Waals surface area contributed by atoms with E-state index in [-0.39, 0.29) is 18.0 Å². The molecule has 2 unspecified atom stereocenters. The van der Waals surface area contributed by atoms with Crippen molar-refractivity contribution >= 4 is 28.9 Å². The molecule has 1 fully saturated rings. The molecule has 25 heavy (non-hydrogen) atoms. The van der Waals surface area contributed by atoms with Gasteiger partial charge < -0.3 is 20.7 Å². The van der Waals surface area contributed by atoms with Crippen molar-refractivity contribution in [1.82, 2.24) is 5.32 Å². The van der Waals surface area contributed by atoms with Crippen LogP contribution in [0.25, 0.3) is 0 Å². The molecule has 0 saturated carbocycles. The van der Waals surface area contributed by atoms with Crippen LogP contribution in [0.5, 0.6) is 0 Å². The van der Waals surface area contributed by atoms with Crippen LogP contribution in [-0.4, -0.2) is 31.7 Å². The zero-order chi connectivity index (χ0) is 17.6. The van der Waals surface area contributed by atoms with Gasteiger partial charge in [-0.25, -0.2) is 0 Å². The fourth-order valence-corrected chi connectivity index (χ4v) is 2.97. The molecule has 1 aliphatic heterocycles. The van der Waals surface area contributed by atoms with Crippen molar-refractivity contribution in [3.05, 3.63) is 59.1 Å². The third-order valence-electron chi connectivity index (χ3n) is 4.15. The Morgan fingerprint density at radius 1 is 1.28 bits per heavy atom. The van der Waals surface area contributed by atoms with Crippen molar-refractivity contribution in [3.8, 4) is 0 Å². The highest BCUT2D eigenvalue weighted by atomic mass is 35.5. The van der Waals surface area contributed by atoms with Crippen molar-refractivity contribution in [2.75, 3.05) is 30.4 Å². The van der Waals surface area contributed by atoms with Gasteiger partial charge in [0.05, 0.1) is 23.9 Å². The van der Waals surface area contributed by atoms with Gasteiger partial charge in [0.1, 0.15) is 6.04 Å². The highest BCUT2D eigenvalue weighted by Crippen LogP contribution is 2.29. The fraction of sp³-hybridized carbons (Fsp3) is 0.316. The molecule has 2 aromatic rings. The summed E-state index contributed by atoms with van der Waals surface area (Å²) in [5.41, 5.74) is 2.68. The summed E-state index contributed by atoms with van der Waals surface area (Å²) in [6.45, 7) is 3.78. The Balaban J connectivity index is 1.63. The second-order valence-corrected chi connectivity index (χ2v) is 6.45. The second kappa shape index (κ2) is 8.34. The third-order valence-corrected chi connectivity index (χ3v) is 4.46. The van der Waals surface area contributed by atoms with Crippen molar-refractivity contribution in [2.45, 2.75) is 19.0 Å². The van der Waals surface area contributed by atoms with Gasteiger partial charge in [-0.15, -0.1) is 0 Å². The van der Waals surface area contributed by atoms with Crippen LogP contribution in [0.15, 0.2) is 48.5 Å². The van der Waals surface area contributed by atoms with Crippen LogP contribution in [0.1, 0.15) is 18.5 Å². The number of amides is 1. The van der Waals surface area contributed by atoms with Crippen LogP contribution >= 0.6 is 11.6 Å². The number of carbonyl (C=O) groups excluding carboxylic acids is 1. The molecule has 0 radical (unpaired) electrons. The summed E-state index contributed by atoms with van der Waals surface area (Å²) in [7, 11) is 0. The van der Waals surface area contributed by atoms with Gasteiger partial charge in [-0.05, 0) is 30.7 Å². The summed E-state index contributed by atoms with van der Waals surface area (Å²) in [6.07, 6.45) is 0. The number of carbonyl (C=O) groups is 1. The van der Waals surface area contributed by atoms with Gasteiger partial charge in [0, 0.05) is 18.3 Å². The lowest BCUT2D eigenvalue weighted by Crippen LogP contribution is -2.48. The Bertz CT molecular complexity index is 718. The third kappa shape index (κ3) is 4.72. The molecular weight excluding hydrogens is 338 g/mol. The molecule has 0 bridgehead atoms. The molecule has 2 atom stereocenters. The van der Waals surface area contributed by atoms with Crippen LogP contribution in [-0.2, 0) is 9.53 Å². The minimum absolute atomic E-state index is 0.117. The topological polar surface area (TPSA) is 62.4 Å². The van der Waals surface area contributed by atoms with E-state index >= 15 is 0 Å². The Kier molecular flexibility index (Phi) is 5.91. The quantitative estimate of drug-likeness (QED) is 0.765. The number of rotatable bonds is 5. The molecule has 1 heterocycles. The average Bonchev–Trinajstić information content (AvgIpc) is 2.65. The first-order valence-corrected chi connectivity index (χ1v) is 8.74. The summed E-state index contributed by atoms with van der Waals surface area (Å²) < 4.78 is 5.31. The average molecular weight is 360 g/mol. The van der Waals surface area contributed by atoms with E-state index in [2.05, 4.69) is 35.0 Å². The zero-order valence-electron chi connectivity index (χ0n) is 14.1. The van der Waals surface area contributed by atoms with Crippen molar-refractivity contribution < 1.29 is 9.53 Å². The molecule has 6 heteroatoms. The van der Waals surface area contributed by atoms with Gasteiger partial charge in [-0.2, -0.15) is 0 Å². The molecule has 0 aliphatic carbocycles. The minimum Gasteiger partial charge on any atom is -0.378 e. The predicted octanol–water partition coefficient (Wildman–Crippen LogP) is 3.44. The first-order chi connectivity index (χ1) is 12.1. The molecule has 1 saturated heterocycles. The lowest BCUT2D eigenvalue weighted by Gasteiger charge is -2.23. The van der Waals surface area contributed by atoms with Crippen LogP contribution in [0, 0.1) is 0 Å². The number of halogens is 1. The molecule has 0 spiro atoms. The van der Waals surface area contributed by atoms with E-state index < -0.39 is 0 Å². The van der Waals surface area contributed by atoms with E-state index in [1.165, 1.54) is 5.56 Å². The zero-order valence-corrected chi connectivity index (χ0v) is 14.8. The van der Waals surface area contributed by atoms with Gasteiger partial charge in [0.15, 0.2) is 0 Å². The lowest BCUT2D eigenvalue weighted by atomic mass is 10.1. The van der Waals surface area contributed by atoms with E-state index in [1.807, 2.05) is 30.3 Å². The van der Waals surface area contributed by atoms with Gasteiger partial charge in [0.2, 0.25) is 5.91 Å². The minimum atomic E-state index is -0.330. The Labute approximate surface area is 152 Å². The van der Waals surface area contributed by atoms with E-state index in [0.717, 1.165) is 5.69 Å². The van der Waals surface area contributed by atoms with Crippen LogP contribution in [0.2, 0.25) is 5.02 Å². The Morgan fingerprint density at radius 2 is 2.08 bits per heavy atom. The maximum Gasteiger partial charge on any atom is 0.243 e. The number of nitrogens with one attached hydrogen (secondary N) is 3. The highest BCUT2D eigenvalue weighted by molar-refractivity contribution is 6.33. The molecule has 1 aliphatic rings. The summed E-state index contributed by atoms with van der Waals surface area (Å²) >= 11 is 6.38. The molecule has 2 aromatic carbocycles. The van der Waals surface area contributed by atoms with Crippen molar-refractivity contribution in [3.63, 3.8) is 0 Å². The van der Waals surface area contributed by atoms with E-state index in [1.54, 1.807) is 6.07 Å². The lowest BCUT2D eigenvalue weighted by molar-refractivity contribution is -0.120. The summed E-state index contributed by atoms with van der Waals surface area (Å²) in [5, 5.41) is 9.95. The molecule has 132 valence electrons. The predicted molar refractivity (Wildman–Crippen MR) is 101 cm³/mol. The summed E-state index contributed by atoms with van der Waals surface area (Å²) in [6, 6.07) is 15.4. The molecular formula is C19H22ClN3O2. The van der Waals surface area contributed by atoms with Gasteiger partial charge in [0.25, 0.3) is 0 Å². The van der Waals surface area contributed by atoms with Crippen LogP contribution in [0.3, 0.4) is 0 Å². The summed E-state index contributed by atoms with van der Waals surface area (Å²) in [5.74, 6) is -0.117. The number of hydrogen-bond donors (Lipinski definition) is 3. The number of anilines is 2. The normalized spacial score (nSPS) is 18.4. The summed E-state index contributed by atoms with van der Waals surface area (Å²) in [4.78, 5) is 12.2. The van der Waals surface area contributed by atoms with E-state index in [0.29, 0.717) is 30.5 Å². The molecule has 1 amide bonds. The SMILES string of the molecule is CC(Nc1ccc(NC(=O)C2COCCN2)cc1Cl)c1ccccc1. The van der Waals surface area contributed by atoms with Crippen molar-refractivity contribution in [1.29, 1.82) is 0 Å². The smallest absolute Gasteiger partial charge is 0.243 e. The monoisotopic (exact) mass is 359 g/mol. The number of benzene rings is 2. The van der Waals surface area contributed by atoms with Crippen molar-refractivity contribution in [2.24, 2.45) is 0 Å². The van der Waals surface area contributed by atoms with Gasteiger partial charge in [-0.3, -0.25) is 4.79 Å². The second-order valence-electron chi connectivity index (χ2n) is 6.04. The first-order valence-electron chi connectivity index (χ1n) is 8.36. The first kappa shape index (κ1) is 17.7. The van der Waals surface area contributed by atoms with Gasteiger partial charge >= 0.3 is 0 Å². The van der Waals surface area contributed by atoms with E-state index in [9.17, 15) is 4.79 Å². The number of hydrogen-bond acceptors (Lipinski definition) is 4. The van der Waals surface area contributed by atoms with Crippen LogP contribution in [0.4, 0.5) is 11.4 Å². The molecule has 3 N–H and O–H groups in total. The number of morpholine rings is 1.